The molecule has 0 heterocycles. The first-order valence-electron chi connectivity index (χ1n) is 6.48. The fraction of sp³-hybridized carbons (Fsp3) is 0.250. The van der Waals surface area contributed by atoms with Crippen LogP contribution in [0.5, 0.6) is 0 Å². The Hall–Kier alpha value is -0.940. The summed E-state index contributed by atoms with van der Waals surface area (Å²) in [4.78, 5) is 2.29. The molecule has 0 bridgehead atoms. The third kappa shape index (κ3) is 4.28. The van der Waals surface area contributed by atoms with Crippen LogP contribution >= 0.6 is 23.5 Å². The van der Waals surface area contributed by atoms with E-state index >= 15 is 0 Å². The van der Waals surface area contributed by atoms with Crippen LogP contribution in [-0.4, -0.2) is 21.7 Å². The molecule has 0 saturated heterocycles. The largest absolute Gasteiger partial charge is 0.392 e. The molecule has 4 heteroatoms. The van der Waals surface area contributed by atoms with Crippen LogP contribution in [0.4, 0.5) is 0 Å². The Morgan fingerprint density at radius 1 is 0.650 bits per heavy atom. The molecular weight excluding hydrogens is 288 g/mol. The molecule has 2 nitrogen and oxygen atoms in total. The molecule has 0 aliphatic heterocycles. The first kappa shape index (κ1) is 15.4. The first-order chi connectivity index (χ1) is 9.85. The molecule has 0 fully saturated rings. The summed E-state index contributed by atoms with van der Waals surface area (Å²) in [5, 5.41) is 18.5. The highest BCUT2D eigenvalue weighted by molar-refractivity contribution is 8.03. The highest BCUT2D eigenvalue weighted by Crippen LogP contribution is 2.27. The molecule has 0 unspecified atom stereocenters. The van der Waals surface area contributed by atoms with Crippen molar-refractivity contribution >= 4 is 23.5 Å². The minimum atomic E-state index is 0.0870. The Balaban J connectivity index is 1.84. The van der Waals surface area contributed by atoms with Gasteiger partial charge < -0.3 is 10.2 Å². The van der Waals surface area contributed by atoms with Crippen LogP contribution < -0.4 is 0 Å². The predicted octanol–water partition coefficient (Wildman–Crippen LogP) is 3.56. The van der Waals surface area contributed by atoms with Crippen molar-refractivity contribution in [3.63, 3.8) is 0 Å². The molecule has 0 amide bonds. The van der Waals surface area contributed by atoms with Gasteiger partial charge in [-0.15, -0.1) is 23.5 Å². The quantitative estimate of drug-likeness (QED) is 0.606. The van der Waals surface area contributed by atoms with Crippen molar-refractivity contribution in [2.24, 2.45) is 0 Å². The minimum Gasteiger partial charge on any atom is -0.392 e. The zero-order chi connectivity index (χ0) is 14.2. The standard InChI is InChI=1S/C16H18O2S2/c17-11-13-5-1-3-7-15(13)19-9-10-20-16-8-4-2-6-14(16)12-18/h1-8,17-18H,9-12H2. The van der Waals surface area contributed by atoms with Gasteiger partial charge in [-0.05, 0) is 23.3 Å². The van der Waals surface area contributed by atoms with Crippen LogP contribution in [0, 0.1) is 0 Å². The van der Waals surface area contributed by atoms with Gasteiger partial charge in [-0.3, -0.25) is 0 Å². The van der Waals surface area contributed by atoms with Crippen molar-refractivity contribution in [3.05, 3.63) is 59.7 Å². The topological polar surface area (TPSA) is 40.5 Å². The molecule has 0 atom stereocenters. The number of hydrogen-bond acceptors (Lipinski definition) is 4. The number of rotatable bonds is 7. The van der Waals surface area contributed by atoms with E-state index in [1.165, 1.54) is 0 Å². The monoisotopic (exact) mass is 306 g/mol. The Morgan fingerprint density at radius 2 is 1.05 bits per heavy atom. The molecule has 2 aromatic carbocycles. The van der Waals surface area contributed by atoms with Gasteiger partial charge in [0.1, 0.15) is 0 Å². The molecule has 0 aliphatic rings. The van der Waals surface area contributed by atoms with Crippen LogP contribution in [0.3, 0.4) is 0 Å². The second-order valence-electron chi connectivity index (χ2n) is 4.23. The van der Waals surface area contributed by atoms with Gasteiger partial charge >= 0.3 is 0 Å². The van der Waals surface area contributed by atoms with Crippen LogP contribution in [0.25, 0.3) is 0 Å². The molecule has 0 spiro atoms. The molecule has 20 heavy (non-hydrogen) atoms. The summed E-state index contributed by atoms with van der Waals surface area (Å²) in [6.07, 6.45) is 0. The highest BCUT2D eigenvalue weighted by Gasteiger charge is 2.03. The van der Waals surface area contributed by atoms with Gasteiger partial charge in [0.2, 0.25) is 0 Å². The average Bonchev–Trinajstić information content (AvgIpc) is 2.52. The SMILES string of the molecule is OCc1ccccc1SCCSc1ccccc1CO. The number of aliphatic hydroxyl groups excluding tert-OH is 2. The van der Waals surface area contributed by atoms with Gasteiger partial charge in [-0.1, -0.05) is 36.4 Å². The lowest BCUT2D eigenvalue weighted by molar-refractivity contribution is 0.278. The van der Waals surface area contributed by atoms with Gasteiger partial charge in [-0.2, -0.15) is 0 Å². The zero-order valence-corrected chi connectivity index (χ0v) is 12.8. The van der Waals surface area contributed by atoms with E-state index < -0.39 is 0 Å². The molecule has 0 saturated carbocycles. The molecule has 0 aromatic heterocycles. The fourth-order valence-corrected chi connectivity index (χ4v) is 3.95. The number of benzene rings is 2. The predicted molar refractivity (Wildman–Crippen MR) is 86.2 cm³/mol. The average molecular weight is 306 g/mol. The Bertz CT molecular complexity index is 494. The van der Waals surface area contributed by atoms with E-state index in [1.807, 2.05) is 48.5 Å². The van der Waals surface area contributed by atoms with Crippen LogP contribution in [0.2, 0.25) is 0 Å². The molecule has 2 N–H and O–H groups in total. The van der Waals surface area contributed by atoms with Crippen molar-refractivity contribution in [1.29, 1.82) is 0 Å². The lowest BCUT2D eigenvalue weighted by Gasteiger charge is -2.08. The molecule has 106 valence electrons. The summed E-state index contributed by atoms with van der Waals surface area (Å²) in [5.74, 6) is 1.95. The fourth-order valence-electron chi connectivity index (χ4n) is 1.85. The third-order valence-corrected chi connectivity index (χ3v) is 5.38. The van der Waals surface area contributed by atoms with E-state index in [4.69, 9.17) is 0 Å². The molecular formula is C16H18O2S2. The summed E-state index contributed by atoms with van der Waals surface area (Å²) in [6.45, 7) is 0.174. The second-order valence-corrected chi connectivity index (χ2v) is 6.50. The second kappa shape index (κ2) is 8.37. The van der Waals surface area contributed by atoms with Crippen molar-refractivity contribution in [2.45, 2.75) is 23.0 Å². The van der Waals surface area contributed by atoms with Gasteiger partial charge in [0.15, 0.2) is 0 Å². The lowest BCUT2D eigenvalue weighted by atomic mass is 10.2. The van der Waals surface area contributed by atoms with Gasteiger partial charge in [0.25, 0.3) is 0 Å². The summed E-state index contributed by atoms with van der Waals surface area (Å²) in [7, 11) is 0. The van der Waals surface area contributed by atoms with E-state index in [0.717, 1.165) is 32.4 Å². The van der Waals surface area contributed by atoms with Crippen molar-refractivity contribution < 1.29 is 10.2 Å². The van der Waals surface area contributed by atoms with E-state index in [2.05, 4.69) is 0 Å². The van der Waals surface area contributed by atoms with Crippen LogP contribution in [-0.2, 0) is 13.2 Å². The zero-order valence-electron chi connectivity index (χ0n) is 11.2. The summed E-state index contributed by atoms with van der Waals surface area (Å²) < 4.78 is 0. The Morgan fingerprint density at radius 3 is 1.45 bits per heavy atom. The lowest BCUT2D eigenvalue weighted by Crippen LogP contribution is -1.92. The van der Waals surface area contributed by atoms with E-state index in [1.54, 1.807) is 23.5 Å². The minimum absolute atomic E-state index is 0.0870. The maximum atomic E-state index is 9.27. The van der Waals surface area contributed by atoms with Crippen molar-refractivity contribution in [1.82, 2.24) is 0 Å². The van der Waals surface area contributed by atoms with E-state index in [-0.39, 0.29) is 13.2 Å². The maximum Gasteiger partial charge on any atom is 0.0692 e. The number of hydrogen-bond donors (Lipinski definition) is 2. The number of thioether (sulfide) groups is 2. The van der Waals surface area contributed by atoms with Gasteiger partial charge in [-0.25, -0.2) is 0 Å². The van der Waals surface area contributed by atoms with E-state index in [0.29, 0.717) is 0 Å². The normalized spacial score (nSPS) is 10.7. The van der Waals surface area contributed by atoms with Gasteiger partial charge in [0.05, 0.1) is 13.2 Å². The summed E-state index contributed by atoms with van der Waals surface area (Å²) >= 11 is 3.52. The van der Waals surface area contributed by atoms with E-state index in [9.17, 15) is 10.2 Å². The molecule has 2 rings (SSSR count). The summed E-state index contributed by atoms with van der Waals surface area (Å²) in [5.41, 5.74) is 1.97. The van der Waals surface area contributed by atoms with Crippen molar-refractivity contribution in [3.8, 4) is 0 Å². The van der Waals surface area contributed by atoms with Crippen molar-refractivity contribution in [2.75, 3.05) is 11.5 Å². The molecule has 0 radical (unpaired) electrons. The Labute approximate surface area is 128 Å². The number of aliphatic hydroxyl groups is 2. The van der Waals surface area contributed by atoms with Gasteiger partial charge in [0, 0.05) is 21.3 Å². The summed E-state index contributed by atoms with van der Waals surface area (Å²) in [6, 6.07) is 15.9. The molecule has 0 aliphatic carbocycles. The Kier molecular flexibility index (Phi) is 6.47. The van der Waals surface area contributed by atoms with Crippen LogP contribution in [0.15, 0.2) is 58.3 Å². The smallest absolute Gasteiger partial charge is 0.0692 e. The molecule has 2 aromatic rings. The van der Waals surface area contributed by atoms with Crippen LogP contribution in [0.1, 0.15) is 11.1 Å². The maximum absolute atomic E-state index is 9.27. The third-order valence-electron chi connectivity index (χ3n) is 2.88. The highest BCUT2D eigenvalue weighted by atomic mass is 32.2. The first-order valence-corrected chi connectivity index (χ1v) is 8.45.